The van der Waals surface area contributed by atoms with E-state index in [4.69, 9.17) is 5.10 Å². The Balaban J connectivity index is 1.97. The van der Waals surface area contributed by atoms with Gasteiger partial charge < -0.3 is 9.88 Å². The summed E-state index contributed by atoms with van der Waals surface area (Å²) in [6.07, 6.45) is 4.17. The summed E-state index contributed by atoms with van der Waals surface area (Å²) in [4.78, 5) is 0. The number of nitrogens with one attached hydrogen (secondary N) is 1. The molecule has 0 aromatic carbocycles. The molecular weight excluding hydrogens is 212 g/mol. The minimum Gasteiger partial charge on any atom is -0.348 e. The fraction of sp³-hybridized carbons (Fsp3) is 0.462. The number of hydrogen-bond donors (Lipinski definition) is 1. The average molecular weight is 230 g/mol. The van der Waals surface area contributed by atoms with Gasteiger partial charge in [-0.15, -0.1) is 0 Å². The monoisotopic (exact) mass is 230 g/mol. The third-order valence-electron chi connectivity index (χ3n) is 3.28. The molecule has 0 unspecified atom stereocenters. The molecule has 90 valence electrons. The lowest BCUT2D eigenvalue weighted by molar-refractivity contribution is 0.497. The molecule has 1 N–H and O–H groups in total. The summed E-state index contributed by atoms with van der Waals surface area (Å²) in [6, 6.07) is 4.54. The van der Waals surface area contributed by atoms with Gasteiger partial charge in [0.15, 0.2) is 0 Å². The minimum absolute atomic E-state index is 0.432. The lowest BCUT2D eigenvalue weighted by atomic mass is 10.2. The predicted octanol–water partition coefficient (Wildman–Crippen LogP) is 1.92. The van der Waals surface area contributed by atoms with Crippen LogP contribution in [-0.2, 0) is 19.6 Å². The van der Waals surface area contributed by atoms with E-state index >= 15 is 0 Å². The molecule has 0 spiro atoms. The Bertz CT molecular complexity index is 508. The quantitative estimate of drug-likeness (QED) is 0.874. The van der Waals surface area contributed by atoms with Gasteiger partial charge >= 0.3 is 0 Å². The molecule has 0 aliphatic carbocycles. The van der Waals surface area contributed by atoms with Gasteiger partial charge in [-0.05, 0) is 26.0 Å². The van der Waals surface area contributed by atoms with E-state index in [1.165, 1.54) is 17.0 Å². The topological polar surface area (TPSA) is 34.8 Å². The largest absolute Gasteiger partial charge is 0.348 e. The molecule has 0 atom stereocenters. The molecule has 0 saturated heterocycles. The van der Waals surface area contributed by atoms with Crippen molar-refractivity contribution in [1.82, 2.24) is 19.7 Å². The van der Waals surface area contributed by atoms with Crippen molar-refractivity contribution in [3.8, 4) is 0 Å². The fourth-order valence-corrected chi connectivity index (χ4v) is 2.46. The number of rotatable bonds is 3. The van der Waals surface area contributed by atoms with Crippen molar-refractivity contribution in [3.63, 3.8) is 0 Å². The van der Waals surface area contributed by atoms with Crippen molar-refractivity contribution in [3.05, 3.63) is 41.5 Å². The molecule has 17 heavy (non-hydrogen) atoms. The number of fused-ring (bicyclic) bond motifs is 1. The normalized spacial score (nSPS) is 14.5. The summed E-state index contributed by atoms with van der Waals surface area (Å²) in [7, 11) is 0. The summed E-state index contributed by atoms with van der Waals surface area (Å²) < 4.78 is 4.33. The maximum Gasteiger partial charge on any atom is 0.0870 e. The van der Waals surface area contributed by atoms with Gasteiger partial charge in [0, 0.05) is 37.1 Å². The molecule has 4 nitrogen and oxygen atoms in total. The molecule has 3 heterocycles. The van der Waals surface area contributed by atoms with E-state index in [1.54, 1.807) is 0 Å². The summed E-state index contributed by atoms with van der Waals surface area (Å²) in [5, 5.41) is 8.17. The third kappa shape index (κ3) is 1.78. The number of aromatic nitrogens is 3. The van der Waals surface area contributed by atoms with Gasteiger partial charge in [0.05, 0.1) is 17.9 Å². The van der Waals surface area contributed by atoms with Crippen LogP contribution in [0.4, 0.5) is 0 Å². The van der Waals surface area contributed by atoms with E-state index in [0.29, 0.717) is 6.04 Å². The molecule has 1 aliphatic heterocycles. The highest BCUT2D eigenvalue weighted by molar-refractivity contribution is 5.30. The van der Waals surface area contributed by atoms with Crippen LogP contribution in [0.2, 0.25) is 0 Å². The highest BCUT2D eigenvalue weighted by atomic mass is 15.3. The molecule has 2 aromatic rings. The number of nitrogens with zero attached hydrogens (tertiary/aromatic N) is 3. The van der Waals surface area contributed by atoms with Crippen molar-refractivity contribution in [2.75, 3.05) is 0 Å². The lowest BCUT2D eigenvalue weighted by Gasteiger charge is -2.08. The van der Waals surface area contributed by atoms with E-state index in [0.717, 1.165) is 19.6 Å². The Morgan fingerprint density at radius 3 is 2.76 bits per heavy atom. The van der Waals surface area contributed by atoms with Crippen LogP contribution in [0.25, 0.3) is 0 Å². The average Bonchev–Trinajstić information content (AvgIpc) is 2.96. The molecule has 0 fully saturated rings. The first-order chi connectivity index (χ1) is 8.25. The van der Waals surface area contributed by atoms with Crippen LogP contribution in [0.5, 0.6) is 0 Å². The van der Waals surface area contributed by atoms with Gasteiger partial charge in [-0.25, -0.2) is 0 Å². The van der Waals surface area contributed by atoms with Crippen molar-refractivity contribution < 1.29 is 0 Å². The SMILES string of the molecule is CC(C)n1nc(Cn2cccc2)c2c1CNC2. The van der Waals surface area contributed by atoms with Crippen LogP contribution in [0.15, 0.2) is 24.5 Å². The van der Waals surface area contributed by atoms with Gasteiger partial charge in [0.2, 0.25) is 0 Å². The molecule has 2 aromatic heterocycles. The predicted molar refractivity (Wildman–Crippen MR) is 66.7 cm³/mol. The van der Waals surface area contributed by atoms with Gasteiger partial charge in [0.1, 0.15) is 0 Å². The van der Waals surface area contributed by atoms with E-state index in [1.807, 2.05) is 0 Å². The Labute approximate surface area is 101 Å². The summed E-state index contributed by atoms with van der Waals surface area (Å²) in [5.41, 5.74) is 3.96. The van der Waals surface area contributed by atoms with Crippen LogP contribution in [0.1, 0.15) is 36.8 Å². The second-order valence-electron chi connectivity index (χ2n) is 4.87. The van der Waals surface area contributed by atoms with Gasteiger partial charge in [-0.3, -0.25) is 4.68 Å². The van der Waals surface area contributed by atoms with E-state index < -0.39 is 0 Å². The minimum atomic E-state index is 0.432. The third-order valence-corrected chi connectivity index (χ3v) is 3.28. The Kier molecular flexibility index (Phi) is 2.52. The maximum absolute atomic E-state index is 4.76. The Morgan fingerprint density at radius 1 is 1.29 bits per heavy atom. The van der Waals surface area contributed by atoms with E-state index in [2.05, 4.69) is 52.9 Å². The smallest absolute Gasteiger partial charge is 0.0870 e. The van der Waals surface area contributed by atoms with Crippen LogP contribution < -0.4 is 5.32 Å². The standard InChI is InChI=1S/C13H18N4/c1-10(2)17-13-8-14-7-11(13)12(15-17)9-16-5-3-4-6-16/h3-6,10,14H,7-9H2,1-2H3. The van der Waals surface area contributed by atoms with E-state index in [9.17, 15) is 0 Å². The summed E-state index contributed by atoms with van der Waals surface area (Å²) >= 11 is 0. The second kappa shape index (κ2) is 4.04. The van der Waals surface area contributed by atoms with Crippen LogP contribution >= 0.6 is 0 Å². The van der Waals surface area contributed by atoms with Crippen molar-refractivity contribution >= 4 is 0 Å². The van der Waals surface area contributed by atoms with Gasteiger partial charge in [-0.1, -0.05) is 0 Å². The van der Waals surface area contributed by atoms with Crippen molar-refractivity contribution in [2.45, 2.75) is 39.5 Å². The summed E-state index contributed by atoms with van der Waals surface area (Å²) in [6.45, 7) is 7.15. The van der Waals surface area contributed by atoms with Crippen LogP contribution in [-0.4, -0.2) is 14.3 Å². The van der Waals surface area contributed by atoms with Crippen LogP contribution in [0, 0.1) is 0 Å². The highest BCUT2D eigenvalue weighted by Gasteiger charge is 2.22. The second-order valence-corrected chi connectivity index (χ2v) is 4.87. The molecule has 0 radical (unpaired) electrons. The zero-order valence-corrected chi connectivity index (χ0v) is 10.3. The van der Waals surface area contributed by atoms with Gasteiger partial charge in [-0.2, -0.15) is 5.10 Å². The first-order valence-electron chi connectivity index (χ1n) is 6.16. The zero-order valence-electron chi connectivity index (χ0n) is 10.3. The molecule has 0 amide bonds. The van der Waals surface area contributed by atoms with Crippen LogP contribution in [0.3, 0.4) is 0 Å². The molecule has 3 rings (SSSR count). The highest BCUT2D eigenvalue weighted by Crippen LogP contribution is 2.23. The Hall–Kier alpha value is -1.55. The first kappa shape index (κ1) is 10.6. The van der Waals surface area contributed by atoms with E-state index in [-0.39, 0.29) is 0 Å². The maximum atomic E-state index is 4.76. The van der Waals surface area contributed by atoms with Crippen molar-refractivity contribution in [1.29, 1.82) is 0 Å². The molecule has 0 bridgehead atoms. The zero-order chi connectivity index (χ0) is 11.8. The summed E-state index contributed by atoms with van der Waals surface area (Å²) in [5.74, 6) is 0. The molecular formula is C13H18N4. The lowest BCUT2D eigenvalue weighted by Crippen LogP contribution is -2.12. The first-order valence-corrected chi connectivity index (χ1v) is 6.16. The molecule has 1 aliphatic rings. The van der Waals surface area contributed by atoms with Crippen molar-refractivity contribution in [2.24, 2.45) is 0 Å². The fourth-order valence-electron chi connectivity index (χ4n) is 2.46. The Morgan fingerprint density at radius 2 is 2.06 bits per heavy atom. The molecule has 4 heteroatoms. The molecule has 0 saturated carbocycles. The van der Waals surface area contributed by atoms with Gasteiger partial charge in [0.25, 0.3) is 0 Å². The number of hydrogen-bond acceptors (Lipinski definition) is 2.